The molecule has 2 aliphatic rings. The Morgan fingerprint density at radius 1 is 1.12 bits per heavy atom. The Bertz CT molecular complexity index is 957. The van der Waals surface area contributed by atoms with Gasteiger partial charge in [-0.15, -0.1) is 0 Å². The van der Waals surface area contributed by atoms with Crippen molar-refractivity contribution < 1.29 is 14.3 Å². The third-order valence-electron chi connectivity index (χ3n) is 6.43. The number of rotatable bonds is 5. The second kappa shape index (κ2) is 9.95. The van der Waals surface area contributed by atoms with Gasteiger partial charge >= 0.3 is 0 Å². The first-order valence-corrected chi connectivity index (χ1v) is 11.9. The summed E-state index contributed by atoms with van der Waals surface area (Å²) in [6.07, 6.45) is 4.44. The lowest BCUT2D eigenvalue weighted by Gasteiger charge is -2.39. The number of nitrogens with zero attached hydrogens (tertiary/aromatic N) is 1. The zero-order chi connectivity index (χ0) is 22.7. The molecule has 5 nitrogen and oxygen atoms in total. The molecule has 2 atom stereocenters. The van der Waals surface area contributed by atoms with Gasteiger partial charge in [-0.3, -0.25) is 9.59 Å². The van der Waals surface area contributed by atoms with Gasteiger partial charge in [0.25, 0.3) is 5.91 Å². The number of carbonyl (C=O) groups is 2. The molecule has 32 heavy (non-hydrogen) atoms. The van der Waals surface area contributed by atoms with Gasteiger partial charge in [0.1, 0.15) is 11.8 Å². The Labute approximate surface area is 195 Å². The fourth-order valence-electron chi connectivity index (χ4n) is 4.77. The van der Waals surface area contributed by atoms with Crippen LogP contribution < -0.4 is 10.1 Å². The summed E-state index contributed by atoms with van der Waals surface area (Å²) >= 11 is 6.35. The molecule has 1 fully saturated rings. The lowest BCUT2D eigenvalue weighted by atomic mass is 9.90. The van der Waals surface area contributed by atoms with Crippen molar-refractivity contribution in [2.45, 2.75) is 70.7 Å². The van der Waals surface area contributed by atoms with E-state index in [1.54, 1.807) is 18.2 Å². The van der Waals surface area contributed by atoms with Crippen LogP contribution in [0.5, 0.6) is 5.75 Å². The van der Waals surface area contributed by atoms with E-state index in [2.05, 4.69) is 5.32 Å². The maximum atomic E-state index is 13.8. The van der Waals surface area contributed by atoms with Crippen molar-refractivity contribution in [1.82, 2.24) is 10.2 Å². The zero-order valence-electron chi connectivity index (χ0n) is 18.7. The fourth-order valence-corrected chi connectivity index (χ4v) is 4.95. The van der Waals surface area contributed by atoms with Gasteiger partial charge in [0.05, 0.1) is 0 Å². The van der Waals surface area contributed by atoms with Gasteiger partial charge in [-0.1, -0.05) is 75.0 Å². The SMILES string of the molecule is CC(C)C1Oc2ccc(Cl)cc2C(C(=O)NCc2ccccc2)N(C2CCCCC2)C1=O. The van der Waals surface area contributed by atoms with E-state index in [4.69, 9.17) is 16.3 Å². The molecule has 1 aliphatic heterocycles. The average Bonchev–Trinajstić information content (AvgIpc) is 2.93. The van der Waals surface area contributed by atoms with Crippen molar-refractivity contribution in [2.24, 2.45) is 5.92 Å². The number of ether oxygens (including phenoxy) is 1. The van der Waals surface area contributed by atoms with Gasteiger partial charge in [-0.2, -0.15) is 0 Å². The highest BCUT2D eigenvalue weighted by Gasteiger charge is 2.45. The topological polar surface area (TPSA) is 58.6 Å². The highest BCUT2D eigenvalue weighted by atomic mass is 35.5. The second-order valence-corrected chi connectivity index (χ2v) is 9.54. The lowest BCUT2D eigenvalue weighted by Crippen LogP contribution is -2.53. The van der Waals surface area contributed by atoms with Gasteiger partial charge in [0.15, 0.2) is 6.10 Å². The van der Waals surface area contributed by atoms with Gasteiger partial charge in [0.2, 0.25) is 5.91 Å². The van der Waals surface area contributed by atoms with Gasteiger partial charge in [-0.05, 0) is 42.5 Å². The molecule has 1 N–H and O–H groups in total. The largest absolute Gasteiger partial charge is 0.480 e. The normalized spacial score (nSPS) is 21.6. The number of hydrogen-bond acceptors (Lipinski definition) is 3. The van der Waals surface area contributed by atoms with E-state index in [1.807, 2.05) is 49.1 Å². The molecule has 170 valence electrons. The summed E-state index contributed by atoms with van der Waals surface area (Å²) < 4.78 is 6.22. The standard InChI is InChI=1S/C26H31ClN2O3/c1-17(2)24-26(31)29(20-11-7-4-8-12-20)23(21-15-19(27)13-14-22(21)32-24)25(30)28-16-18-9-5-3-6-10-18/h3,5-6,9-10,13-15,17,20,23-24H,4,7-8,11-12,16H2,1-2H3,(H,28,30). The number of hydrogen-bond donors (Lipinski definition) is 1. The van der Waals surface area contributed by atoms with Crippen LogP contribution in [-0.2, 0) is 16.1 Å². The summed E-state index contributed by atoms with van der Waals surface area (Å²) in [5.74, 6) is 0.214. The Hall–Kier alpha value is -2.53. The number of fused-ring (bicyclic) bond motifs is 1. The van der Waals surface area contributed by atoms with E-state index < -0.39 is 12.1 Å². The molecule has 4 rings (SSSR count). The second-order valence-electron chi connectivity index (χ2n) is 9.11. The van der Waals surface area contributed by atoms with Crippen molar-refractivity contribution in [3.63, 3.8) is 0 Å². The molecule has 1 saturated carbocycles. The number of nitrogens with one attached hydrogen (secondary N) is 1. The molecular weight excluding hydrogens is 424 g/mol. The maximum absolute atomic E-state index is 13.8. The van der Waals surface area contributed by atoms with Crippen molar-refractivity contribution in [3.05, 3.63) is 64.7 Å². The van der Waals surface area contributed by atoms with E-state index in [1.165, 1.54) is 0 Å². The molecule has 0 spiro atoms. The van der Waals surface area contributed by atoms with Gasteiger partial charge in [-0.25, -0.2) is 0 Å². The zero-order valence-corrected chi connectivity index (χ0v) is 19.5. The Kier molecular flexibility index (Phi) is 7.04. The van der Waals surface area contributed by atoms with E-state index in [0.717, 1.165) is 37.7 Å². The van der Waals surface area contributed by atoms with Gasteiger partial charge in [0, 0.05) is 23.2 Å². The van der Waals surface area contributed by atoms with E-state index in [0.29, 0.717) is 22.9 Å². The smallest absolute Gasteiger partial charge is 0.265 e. The minimum Gasteiger partial charge on any atom is -0.480 e. The molecule has 2 aromatic rings. The highest BCUT2D eigenvalue weighted by molar-refractivity contribution is 6.30. The van der Waals surface area contributed by atoms with E-state index in [-0.39, 0.29) is 23.8 Å². The molecule has 2 aromatic carbocycles. The first kappa shape index (κ1) is 22.7. The molecule has 0 radical (unpaired) electrons. The highest BCUT2D eigenvalue weighted by Crippen LogP contribution is 2.40. The lowest BCUT2D eigenvalue weighted by molar-refractivity contribution is -0.150. The maximum Gasteiger partial charge on any atom is 0.265 e. The molecule has 0 bridgehead atoms. The van der Waals surface area contributed by atoms with Crippen molar-refractivity contribution in [2.75, 3.05) is 0 Å². The summed E-state index contributed by atoms with van der Waals surface area (Å²) in [6, 6.07) is 14.3. The van der Waals surface area contributed by atoms with Crippen LogP contribution in [0.1, 0.15) is 63.1 Å². The molecule has 2 unspecified atom stereocenters. The minimum atomic E-state index is -0.772. The quantitative estimate of drug-likeness (QED) is 0.669. The van der Waals surface area contributed by atoms with Crippen LogP contribution in [0.4, 0.5) is 0 Å². The van der Waals surface area contributed by atoms with Crippen LogP contribution in [-0.4, -0.2) is 28.9 Å². The average molecular weight is 455 g/mol. The van der Waals surface area contributed by atoms with Crippen molar-refractivity contribution in [1.29, 1.82) is 0 Å². The first-order valence-electron chi connectivity index (χ1n) is 11.6. The Morgan fingerprint density at radius 3 is 2.53 bits per heavy atom. The van der Waals surface area contributed by atoms with Crippen molar-refractivity contribution >= 4 is 23.4 Å². The van der Waals surface area contributed by atoms with Crippen LogP contribution >= 0.6 is 11.6 Å². The number of amides is 2. The van der Waals surface area contributed by atoms with E-state index in [9.17, 15) is 9.59 Å². The molecule has 1 aliphatic carbocycles. The first-order chi connectivity index (χ1) is 15.5. The predicted octanol–water partition coefficient (Wildman–Crippen LogP) is 5.28. The fraction of sp³-hybridized carbons (Fsp3) is 0.462. The number of benzene rings is 2. The van der Waals surface area contributed by atoms with Crippen LogP contribution in [0.25, 0.3) is 0 Å². The van der Waals surface area contributed by atoms with Crippen LogP contribution in [0, 0.1) is 5.92 Å². The minimum absolute atomic E-state index is 0.0125. The number of carbonyl (C=O) groups excluding carboxylic acids is 2. The third-order valence-corrected chi connectivity index (χ3v) is 6.66. The van der Waals surface area contributed by atoms with Crippen LogP contribution in [0.3, 0.4) is 0 Å². The summed E-state index contributed by atoms with van der Waals surface area (Å²) in [5, 5.41) is 3.58. The van der Waals surface area contributed by atoms with E-state index >= 15 is 0 Å². The summed E-state index contributed by atoms with van der Waals surface area (Å²) in [4.78, 5) is 29.3. The third kappa shape index (κ3) is 4.78. The predicted molar refractivity (Wildman–Crippen MR) is 125 cm³/mol. The Morgan fingerprint density at radius 2 is 1.84 bits per heavy atom. The summed E-state index contributed by atoms with van der Waals surface area (Å²) in [6.45, 7) is 4.35. The molecule has 1 heterocycles. The summed E-state index contributed by atoms with van der Waals surface area (Å²) in [5.41, 5.74) is 1.66. The van der Waals surface area contributed by atoms with Crippen LogP contribution in [0.2, 0.25) is 5.02 Å². The monoisotopic (exact) mass is 454 g/mol. The van der Waals surface area contributed by atoms with Gasteiger partial charge < -0.3 is 15.0 Å². The van der Waals surface area contributed by atoms with Crippen molar-refractivity contribution in [3.8, 4) is 5.75 Å². The molecular formula is C26H31ClN2O3. The number of halogens is 1. The van der Waals surface area contributed by atoms with Crippen LogP contribution in [0.15, 0.2) is 48.5 Å². The molecule has 0 aromatic heterocycles. The molecule has 0 saturated heterocycles. The molecule has 2 amide bonds. The Balaban J connectivity index is 1.75. The molecule has 6 heteroatoms. The summed E-state index contributed by atoms with van der Waals surface area (Å²) in [7, 11) is 0.